The maximum absolute atomic E-state index is 12.5. The van der Waals surface area contributed by atoms with Crippen LogP contribution in [0.2, 0.25) is 0 Å². The number of hydrogen-bond donors (Lipinski definition) is 2. The number of hydrogen-bond acceptors (Lipinski definition) is 3. The summed E-state index contributed by atoms with van der Waals surface area (Å²) < 4.78 is 0. The molecule has 2 N–H and O–H groups in total. The molecule has 1 saturated heterocycles. The highest BCUT2D eigenvalue weighted by atomic mass is 32.2. The average Bonchev–Trinajstić information content (AvgIpc) is 2.56. The minimum Gasteiger partial charge on any atom is -0.324 e. The van der Waals surface area contributed by atoms with Crippen molar-refractivity contribution < 1.29 is 4.79 Å². The van der Waals surface area contributed by atoms with Crippen LogP contribution in [0.4, 0.5) is 4.79 Å². The first-order valence-corrected chi connectivity index (χ1v) is 10.1. The molecule has 2 amide bonds. The molecule has 1 unspecified atom stereocenters. The van der Waals surface area contributed by atoms with Crippen LogP contribution in [0.5, 0.6) is 0 Å². The van der Waals surface area contributed by atoms with Crippen LogP contribution in [-0.4, -0.2) is 36.6 Å². The van der Waals surface area contributed by atoms with Gasteiger partial charge in [-0.1, -0.05) is 40.3 Å². The summed E-state index contributed by atoms with van der Waals surface area (Å²) in [5, 5.41) is 8.56. The molecule has 0 spiro atoms. The summed E-state index contributed by atoms with van der Waals surface area (Å²) in [6.07, 6.45) is 7.20. The van der Waals surface area contributed by atoms with Crippen LogP contribution >= 0.6 is 11.8 Å². The molecule has 0 aromatic heterocycles. The highest BCUT2D eigenvalue weighted by Crippen LogP contribution is 2.32. The zero-order valence-corrected chi connectivity index (χ0v) is 16.9. The van der Waals surface area contributed by atoms with Crippen molar-refractivity contribution in [3.63, 3.8) is 0 Å². The third kappa shape index (κ3) is 6.55. The molecule has 2 aliphatic rings. The van der Waals surface area contributed by atoms with E-state index in [9.17, 15) is 4.79 Å². The van der Waals surface area contributed by atoms with Gasteiger partial charge >= 0.3 is 6.03 Å². The maximum atomic E-state index is 12.5. The molecule has 0 aromatic rings. The second-order valence-corrected chi connectivity index (χ2v) is 9.30. The number of rotatable bonds is 5. The maximum Gasteiger partial charge on any atom is 0.321 e. The Hall–Kier alpha value is -1.20. The number of nitrogens with zero attached hydrogens (tertiary/aromatic N) is 1. The molecule has 1 aliphatic heterocycles. The van der Waals surface area contributed by atoms with Crippen molar-refractivity contribution in [2.45, 2.75) is 53.0 Å². The Kier molecular flexibility index (Phi) is 7.20. The van der Waals surface area contributed by atoms with E-state index in [0.717, 1.165) is 44.6 Å². The van der Waals surface area contributed by atoms with Crippen molar-refractivity contribution >= 4 is 17.8 Å². The lowest BCUT2D eigenvalue weighted by Crippen LogP contribution is -2.49. The number of piperidine rings is 1. The lowest BCUT2D eigenvalue weighted by Gasteiger charge is -2.34. The van der Waals surface area contributed by atoms with Gasteiger partial charge < -0.3 is 15.5 Å². The van der Waals surface area contributed by atoms with E-state index in [2.05, 4.69) is 57.1 Å². The van der Waals surface area contributed by atoms with Crippen molar-refractivity contribution in [2.75, 3.05) is 19.6 Å². The molecule has 1 aliphatic carbocycles. The predicted octanol–water partition coefficient (Wildman–Crippen LogP) is 4.48. The quantitative estimate of drug-likeness (QED) is 0.757. The Bertz CT molecular complexity index is 540. The van der Waals surface area contributed by atoms with Crippen LogP contribution in [0.25, 0.3) is 0 Å². The number of likely N-dealkylation sites (tertiary alicyclic amines) is 1. The molecule has 1 heterocycles. The van der Waals surface area contributed by atoms with Crippen LogP contribution in [0, 0.1) is 11.3 Å². The van der Waals surface area contributed by atoms with E-state index >= 15 is 0 Å². The molecule has 4 nitrogen and oxygen atoms in total. The van der Waals surface area contributed by atoms with Gasteiger partial charge in [-0.3, -0.25) is 0 Å². The monoisotopic (exact) mass is 363 g/mol. The largest absolute Gasteiger partial charge is 0.324 e. The van der Waals surface area contributed by atoms with E-state index in [1.807, 2.05) is 10.3 Å². The third-order valence-electron chi connectivity index (χ3n) is 4.65. The van der Waals surface area contributed by atoms with E-state index in [1.54, 1.807) is 11.8 Å². The number of urea groups is 1. The summed E-state index contributed by atoms with van der Waals surface area (Å²) in [6.45, 7) is 15.4. The SMILES string of the molecule is C=CSC1=CC(NC(=O)N2CCC(NCC(C)(C)C)CC2)=CCC1C. The second kappa shape index (κ2) is 8.95. The number of nitrogens with one attached hydrogen (secondary N) is 2. The summed E-state index contributed by atoms with van der Waals surface area (Å²) in [7, 11) is 0. The molecule has 0 aromatic carbocycles. The van der Waals surface area contributed by atoms with Crippen molar-refractivity contribution in [1.82, 2.24) is 15.5 Å². The Morgan fingerprint density at radius 1 is 1.40 bits per heavy atom. The molecule has 140 valence electrons. The van der Waals surface area contributed by atoms with Gasteiger partial charge in [-0.05, 0) is 47.0 Å². The molecule has 2 rings (SSSR count). The summed E-state index contributed by atoms with van der Waals surface area (Å²) in [5.74, 6) is 0.494. The third-order valence-corrected chi connectivity index (χ3v) is 5.61. The molecule has 1 atom stereocenters. The highest BCUT2D eigenvalue weighted by Gasteiger charge is 2.24. The fourth-order valence-corrected chi connectivity index (χ4v) is 3.76. The first-order chi connectivity index (χ1) is 11.8. The van der Waals surface area contributed by atoms with Crippen LogP contribution in [0.1, 0.15) is 47.0 Å². The van der Waals surface area contributed by atoms with Gasteiger partial charge in [-0.25, -0.2) is 4.79 Å². The minimum absolute atomic E-state index is 0.0225. The fourth-order valence-electron chi connectivity index (χ4n) is 3.05. The van der Waals surface area contributed by atoms with Crippen molar-refractivity contribution in [2.24, 2.45) is 11.3 Å². The van der Waals surface area contributed by atoms with Gasteiger partial charge in [-0.2, -0.15) is 0 Å². The molecule has 0 saturated carbocycles. The molecule has 0 bridgehead atoms. The Morgan fingerprint density at radius 3 is 2.68 bits per heavy atom. The van der Waals surface area contributed by atoms with Crippen LogP contribution < -0.4 is 10.6 Å². The topological polar surface area (TPSA) is 44.4 Å². The minimum atomic E-state index is 0.0225. The van der Waals surface area contributed by atoms with E-state index in [1.165, 1.54) is 4.91 Å². The summed E-state index contributed by atoms with van der Waals surface area (Å²) >= 11 is 1.65. The predicted molar refractivity (Wildman–Crippen MR) is 108 cm³/mol. The first kappa shape index (κ1) is 20.1. The van der Waals surface area contributed by atoms with Crippen molar-refractivity contribution in [1.29, 1.82) is 0 Å². The fraction of sp³-hybridized carbons (Fsp3) is 0.650. The molecular formula is C20H33N3OS. The standard InChI is InChI=1S/C20H33N3OS/c1-6-25-18-13-17(8-7-15(18)2)22-19(24)23-11-9-16(10-12-23)21-14-20(3,4)5/h6,8,13,15-16,21H,1,7,9-12,14H2,2-5H3,(H,22,24). The van der Waals surface area contributed by atoms with Crippen molar-refractivity contribution in [3.05, 3.63) is 34.7 Å². The van der Waals surface area contributed by atoms with Gasteiger partial charge in [0.15, 0.2) is 0 Å². The zero-order valence-electron chi connectivity index (χ0n) is 16.1. The molecule has 25 heavy (non-hydrogen) atoms. The summed E-state index contributed by atoms with van der Waals surface area (Å²) in [4.78, 5) is 15.7. The van der Waals surface area contributed by atoms with Gasteiger partial charge in [0.05, 0.1) is 0 Å². The number of amides is 2. The van der Waals surface area contributed by atoms with Crippen LogP contribution in [0.3, 0.4) is 0 Å². The highest BCUT2D eigenvalue weighted by molar-refractivity contribution is 8.05. The van der Waals surface area contributed by atoms with Gasteiger partial charge in [0.2, 0.25) is 0 Å². The van der Waals surface area contributed by atoms with E-state index in [-0.39, 0.29) is 6.03 Å². The number of carbonyl (C=O) groups is 1. The second-order valence-electron chi connectivity index (χ2n) is 8.26. The molecular weight excluding hydrogens is 330 g/mol. The number of carbonyl (C=O) groups excluding carboxylic acids is 1. The van der Waals surface area contributed by atoms with E-state index in [4.69, 9.17) is 0 Å². The molecule has 0 radical (unpaired) electrons. The lowest BCUT2D eigenvalue weighted by atomic mass is 9.95. The normalized spacial score (nSPS) is 22.2. The van der Waals surface area contributed by atoms with E-state index in [0.29, 0.717) is 17.4 Å². The Labute approximate surface area is 157 Å². The van der Waals surface area contributed by atoms with Crippen molar-refractivity contribution in [3.8, 4) is 0 Å². The Balaban J connectivity index is 1.80. The average molecular weight is 364 g/mol. The smallest absolute Gasteiger partial charge is 0.321 e. The van der Waals surface area contributed by atoms with Gasteiger partial charge in [-0.15, -0.1) is 11.8 Å². The zero-order chi connectivity index (χ0) is 18.4. The summed E-state index contributed by atoms with van der Waals surface area (Å²) in [5.41, 5.74) is 1.22. The number of allylic oxidation sites excluding steroid dienone is 3. The van der Waals surface area contributed by atoms with E-state index < -0.39 is 0 Å². The Morgan fingerprint density at radius 2 is 2.08 bits per heavy atom. The lowest BCUT2D eigenvalue weighted by molar-refractivity contribution is 0.176. The summed E-state index contributed by atoms with van der Waals surface area (Å²) in [6, 6.07) is 0.544. The molecule has 1 fully saturated rings. The van der Waals surface area contributed by atoms with Crippen LogP contribution in [0.15, 0.2) is 34.7 Å². The van der Waals surface area contributed by atoms with Crippen LogP contribution in [-0.2, 0) is 0 Å². The number of thioether (sulfide) groups is 1. The van der Waals surface area contributed by atoms with Gasteiger partial charge in [0.25, 0.3) is 0 Å². The van der Waals surface area contributed by atoms with Gasteiger partial charge in [0.1, 0.15) is 0 Å². The van der Waals surface area contributed by atoms with Gasteiger partial charge in [0, 0.05) is 31.4 Å². The molecule has 5 heteroatoms. The first-order valence-electron chi connectivity index (χ1n) is 9.27.